The van der Waals surface area contributed by atoms with Gasteiger partial charge in [-0.2, -0.15) is 0 Å². The molecular formula is C7H10Cl2NPZr. The van der Waals surface area contributed by atoms with Crippen molar-refractivity contribution in [2.24, 2.45) is 0 Å². The Bertz CT molecular complexity index is 184. The van der Waals surface area contributed by atoms with Crippen LogP contribution in [0.2, 0.25) is 0 Å². The molecule has 1 saturated heterocycles. The zero-order chi connectivity index (χ0) is 6.10. The van der Waals surface area contributed by atoms with Gasteiger partial charge in [-0.3, -0.25) is 0 Å². The fourth-order valence-corrected chi connectivity index (χ4v) is 2.55. The number of allylic oxidation sites excluding steroid dienone is 4. The predicted octanol–water partition coefficient (Wildman–Crippen LogP) is -4.56. The van der Waals surface area contributed by atoms with Gasteiger partial charge in [0.05, 0.1) is 0 Å². The summed E-state index contributed by atoms with van der Waals surface area (Å²) in [4.78, 5) is 0. The van der Waals surface area contributed by atoms with Crippen molar-refractivity contribution >= 4 is 8.58 Å². The van der Waals surface area contributed by atoms with Crippen molar-refractivity contribution in [3.8, 4) is 0 Å². The van der Waals surface area contributed by atoms with Crippen LogP contribution in [0, 0.1) is 0 Å². The third kappa shape index (κ3) is 3.50. The zero-order valence-electron chi connectivity index (χ0n) is 6.48. The molecule has 5 heteroatoms. The van der Waals surface area contributed by atoms with Gasteiger partial charge in [-0.15, -0.1) is 0 Å². The van der Waals surface area contributed by atoms with Crippen LogP contribution in [0.1, 0.15) is 6.42 Å². The van der Waals surface area contributed by atoms with Crippen molar-refractivity contribution in [1.29, 1.82) is 0 Å². The van der Waals surface area contributed by atoms with E-state index in [2.05, 4.69) is 23.5 Å². The maximum absolute atomic E-state index is 3.38. The summed E-state index contributed by atoms with van der Waals surface area (Å²) in [5.74, 6) is 0. The molecule has 0 aromatic rings. The Labute approximate surface area is 107 Å². The number of nitrogens with one attached hydrogen (secondary N) is 1. The molecule has 0 radical (unpaired) electrons. The second kappa shape index (κ2) is 7.57. The van der Waals surface area contributed by atoms with E-state index in [0.717, 1.165) is 14.2 Å². The van der Waals surface area contributed by atoms with E-state index in [1.54, 1.807) is 0 Å². The van der Waals surface area contributed by atoms with E-state index in [1.165, 1.54) is 18.4 Å². The van der Waals surface area contributed by atoms with E-state index in [0.29, 0.717) is 0 Å². The number of hydrogen-bond acceptors (Lipinski definition) is 1. The molecule has 0 amide bonds. The van der Waals surface area contributed by atoms with Crippen LogP contribution < -0.4 is 30.1 Å². The Morgan fingerprint density at radius 2 is 2.17 bits per heavy atom. The molecule has 12 heavy (non-hydrogen) atoms. The maximum Gasteiger partial charge on any atom is 2.00 e. The Morgan fingerprint density at radius 1 is 1.42 bits per heavy atom. The Morgan fingerprint density at radius 3 is 2.83 bits per heavy atom. The molecule has 1 nitrogen and oxygen atoms in total. The first-order valence-corrected chi connectivity index (χ1v) is 4.59. The van der Waals surface area contributed by atoms with Crippen molar-refractivity contribution in [2.75, 3.05) is 6.29 Å². The van der Waals surface area contributed by atoms with Crippen molar-refractivity contribution in [2.45, 2.75) is 12.1 Å². The van der Waals surface area contributed by atoms with E-state index < -0.39 is 0 Å². The largest absolute Gasteiger partial charge is 2.00 e. The molecule has 2 unspecified atom stereocenters. The summed E-state index contributed by atoms with van der Waals surface area (Å²) in [5, 5.41) is 3.38. The van der Waals surface area contributed by atoms with Crippen LogP contribution in [0.3, 0.4) is 0 Å². The first kappa shape index (κ1) is 15.6. The van der Waals surface area contributed by atoms with Crippen LogP contribution >= 0.6 is 8.58 Å². The van der Waals surface area contributed by atoms with Crippen molar-refractivity contribution in [1.82, 2.24) is 5.32 Å². The van der Waals surface area contributed by atoms with Gasteiger partial charge in [0.1, 0.15) is 0 Å². The van der Waals surface area contributed by atoms with E-state index in [1.807, 2.05) is 0 Å². The van der Waals surface area contributed by atoms with Gasteiger partial charge in [0.25, 0.3) is 0 Å². The number of fused-ring (bicyclic) bond motifs is 1. The number of hydrogen-bond donors (Lipinski definition) is 1. The maximum atomic E-state index is 3.38. The molecule has 0 spiro atoms. The first-order chi connectivity index (χ1) is 4.47. The molecule has 1 aliphatic carbocycles. The van der Waals surface area contributed by atoms with Gasteiger partial charge in [-0.25, -0.2) is 0 Å². The normalized spacial score (nSPS) is 25.3. The van der Waals surface area contributed by atoms with E-state index in [9.17, 15) is 0 Å². The molecule has 66 valence electrons. The first-order valence-electron chi connectivity index (χ1n) is 3.31. The minimum Gasteiger partial charge on any atom is -1.00 e. The summed E-state index contributed by atoms with van der Waals surface area (Å²) >= 11 is 0. The molecule has 1 aliphatic heterocycles. The average Bonchev–Trinajstić information content (AvgIpc) is 2.33. The van der Waals surface area contributed by atoms with E-state index >= 15 is 0 Å². The van der Waals surface area contributed by atoms with Crippen LogP contribution in [0.5, 0.6) is 0 Å². The second-order valence-corrected chi connectivity index (χ2v) is 3.85. The van der Waals surface area contributed by atoms with E-state index in [4.69, 9.17) is 0 Å². The smallest absolute Gasteiger partial charge is 1.00 e. The SMILES string of the molecule is C1=CCC2PCNC2=C1.[Cl-].[Cl-].[Zr+2]. The summed E-state index contributed by atoms with van der Waals surface area (Å²) in [6.07, 6.45) is 9.08. The third-order valence-electron chi connectivity index (χ3n) is 1.80. The van der Waals surface area contributed by atoms with Crippen molar-refractivity contribution in [3.05, 3.63) is 23.9 Å². The molecule has 0 aromatic heterocycles. The van der Waals surface area contributed by atoms with Gasteiger partial charge in [-0.1, -0.05) is 20.7 Å². The van der Waals surface area contributed by atoms with Crippen LogP contribution in [-0.4, -0.2) is 11.9 Å². The van der Waals surface area contributed by atoms with Crippen molar-refractivity contribution in [3.63, 3.8) is 0 Å². The molecule has 1 heterocycles. The summed E-state index contributed by atoms with van der Waals surface area (Å²) in [6.45, 7) is 0. The summed E-state index contributed by atoms with van der Waals surface area (Å²) in [7, 11) is 1.11. The Balaban J connectivity index is 0. The molecule has 0 aromatic carbocycles. The minimum absolute atomic E-state index is 0. The van der Waals surface area contributed by atoms with E-state index in [-0.39, 0.29) is 51.0 Å². The summed E-state index contributed by atoms with van der Waals surface area (Å²) in [5.41, 5.74) is 2.32. The monoisotopic (exact) mass is 299 g/mol. The molecule has 2 aliphatic rings. The van der Waals surface area contributed by atoms with Crippen LogP contribution in [-0.2, 0) is 26.2 Å². The topological polar surface area (TPSA) is 12.0 Å². The third-order valence-corrected chi connectivity index (χ3v) is 3.22. The van der Waals surface area contributed by atoms with Gasteiger partial charge in [0.15, 0.2) is 0 Å². The van der Waals surface area contributed by atoms with Crippen LogP contribution in [0.15, 0.2) is 23.9 Å². The van der Waals surface area contributed by atoms with Gasteiger partial charge < -0.3 is 30.1 Å². The van der Waals surface area contributed by atoms with Gasteiger partial charge >= 0.3 is 26.2 Å². The quantitative estimate of drug-likeness (QED) is 0.445. The molecule has 1 fully saturated rings. The molecule has 0 saturated carbocycles. The van der Waals surface area contributed by atoms with Crippen LogP contribution in [0.4, 0.5) is 0 Å². The zero-order valence-corrected chi connectivity index (χ0v) is 11.4. The fraction of sp³-hybridized carbons (Fsp3) is 0.429. The van der Waals surface area contributed by atoms with Gasteiger partial charge in [-0.05, 0) is 12.5 Å². The summed E-state index contributed by atoms with van der Waals surface area (Å²) < 4.78 is 0. The van der Waals surface area contributed by atoms with Crippen LogP contribution in [0.25, 0.3) is 0 Å². The molecule has 0 bridgehead atoms. The Hall–Kier alpha value is 1.17. The van der Waals surface area contributed by atoms with Gasteiger partial charge in [0, 0.05) is 17.6 Å². The summed E-state index contributed by atoms with van der Waals surface area (Å²) in [6, 6.07) is 0. The van der Waals surface area contributed by atoms with Crippen molar-refractivity contribution < 1.29 is 51.0 Å². The van der Waals surface area contributed by atoms with Gasteiger partial charge in [0.2, 0.25) is 0 Å². The molecule has 1 N–H and O–H groups in total. The molecule has 2 atom stereocenters. The number of halogens is 2. The predicted molar refractivity (Wildman–Crippen MR) is 41.9 cm³/mol. The molecule has 2 rings (SSSR count). The standard InChI is InChI=1S/C7H10NP.2ClH.Zr/c1-2-4-7-6(3-1)8-5-9-7;;;/h1-3,7-9H,4-5H2;2*1H;/q;;;+2/p-2. The number of rotatable bonds is 0. The average molecular weight is 301 g/mol. The second-order valence-electron chi connectivity index (χ2n) is 2.40. The molecular weight excluding hydrogens is 291 g/mol. The fourth-order valence-electron chi connectivity index (χ4n) is 1.28. The Kier molecular flexibility index (Phi) is 9.86. The minimum atomic E-state index is 0.